The van der Waals surface area contributed by atoms with E-state index < -0.39 is 10.0 Å². The molecule has 0 aliphatic carbocycles. The van der Waals surface area contributed by atoms with Crippen molar-refractivity contribution in [2.75, 3.05) is 32.1 Å². The Hall–Kier alpha value is -2.84. The normalized spacial score (nSPS) is 17.2. The molecule has 3 aromatic rings. The number of rotatable bonds is 7. The third-order valence-electron chi connectivity index (χ3n) is 6.40. The maximum atomic E-state index is 13.3. The van der Waals surface area contributed by atoms with E-state index in [1.165, 1.54) is 4.31 Å². The van der Waals surface area contributed by atoms with Gasteiger partial charge in [-0.1, -0.05) is 12.1 Å². The second-order valence-electron chi connectivity index (χ2n) is 8.80. The first kappa shape index (κ1) is 23.3. The van der Waals surface area contributed by atoms with E-state index in [2.05, 4.69) is 16.8 Å². The number of sulfonamides is 1. The van der Waals surface area contributed by atoms with Gasteiger partial charge >= 0.3 is 0 Å². The van der Waals surface area contributed by atoms with Crippen LogP contribution in [0.15, 0.2) is 59.6 Å². The summed E-state index contributed by atoms with van der Waals surface area (Å²) in [5.74, 6) is -0.443. The molecule has 2 heterocycles. The number of carbonyl (C=O) groups excluding carboxylic acids is 1. The Kier molecular flexibility index (Phi) is 6.76. The third kappa shape index (κ3) is 4.91. The molecular formula is C25H32N4O3S. The van der Waals surface area contributed by atoms with Crippen LogP contribution in [0.4, 0.5) is 5.69 Å². The molecule has 1 N–H and O–H groups in total. The van der Waals surface area contributed by atoms with Crippen molar-refractivity contribution in [1.82, 2.24) is 14.2 Å². The number of hydrogen-bond donors (Lipinski definition) is 1. The molecular weight excluding hydrogens is 436 g/mol. The molecule has 0 saturated carbocycles. The predicted octanol–water partition coefficient (Wildman–Crippen LogP) is 3.44. The average Bonchev–Trinajstić information content (AvgIpc) is 3.25. The number of fused-ring (bicyclic) bond motifs is 1. The Morgan fingerprint density at radius 2 is 1.88 bits per heavy atom. The van der Waals surface area contributed by atoms with Crippen LogP contribution in [0.5, 0.6) is 0 Å². The van der Waals surface area contributed by atoms with Gasteiger partial charge in [0.1, 0.15) is 0 Å². The zero-order chi connectivity index (χ0) is 23.6. The average molecular weight is 469 g/mol. The molecule has 0 radical (unpaired) electrons. The van der Waals surface area contributed by atoms with Crippen LogP contribution in [0, 0.1) is 5.92 Å². The van der Waals surface area contributed by atoms with Gasteiger partial charge in [0.25, 0.3) is 0 Å². The van der Waals surface area contributed by atoms with Gasteiger partial charge in [0.15, 0.2) is 0 Å². The maximum Gasteiger partial charge on any atom is 0.243 e. The molecule has 33 heavy (non-hydrogen) atoms. The van der Waals surface area contributed by atoms with Crippen molar-refractivity contribution in [3.8, 4) is 0 Å². The van der Waals surface area contributed by atoms with E-state index in [0.29, 0.717) is 25.9 Å². The third-order valence-corrected chi connectivity index (χ3v) is 8.26. The number of anilines is 1. The smallest absolute Gasteiger partial charge is 0.243 e. The summed E-state index contributed by atoms with van der Waals surface area (Å²) in [4.78, 5) is 15.1. The summed E-state index contributed by atoms with van der Waals surface area (Å²) < 4.78 is 30.2. The monoisotopic (exact) mass is 468 g/mol. The number of piperidine rings is 1. The molecule has 1 aliphatic heterocycles. The number of amides is 1. The van der Waals surface area contributed by atoms with Gasteiger partial charge in [-0.2, -0.15) is 4.31 Å². The van der Waals surface area contributed by atoms with E-state index in [-0.39, 0.29) is 23.3 Å². The van der Waals surface area contributed by atoms with Crippen molar-refractivity contribution >= 4 is 32.5 Å². The van der Waals surface area contributed by atoms with Gasteiger partial charge in [-0.15, -0.1) is 0 Å². The van der Waals surface area contributed by atoms with E-state index in [4.69, 9.17) is 0 Å². The number of carbonyl (C=O) groups is 1. The lowest BCUT2D eigenvalue weighted by atomic mass is 9.99. The predicted molar refractivity (Wildman–Crippen MR) is 132 cm³/mol. The Labute approximate surface area is 196 Å². The second-order valence-corrected chi connectivity index (χ2v) is 10.7. The zero-order valence-electron chi connectivity index (χ0n) is 19.5. The fourth-order valence-electron chi connectivity index (χ4n) is 4.38. The van der Waals surface area contributed by atoms with E-state index in [0.717, 1.165) is 28.7 Å². The number of nitrogens with zero attached hydrogens (tertiary/aromatic N) is 3. The van der Waals surface area contributed by atoms with E-state index >= 15 is 0 Å². The molecule has 8 heteroatoms. The van der Waals surface area contributed by atoms with Crippen molar-refractivity contribution in [3.63, 3.8) is 0 Å². The molecule has 1 aromatic heterocycles. The fraction of sp³-hybridized carbons (Fsp3) is 0.400. The molecule has 1 atom stereocenters. The zero-order valence-corrected chi connectivity index (χ0v) is 20.3. The van der Waals surface area contributed by atoms with Gasteiger partial charge in [0.2, 0.25) is 15.9 Å². The molecule has 0 spiro atoms. The van der Waals surface area contributed by atoms with Crippen molar-refractivity contribution in [2.24, 2.45) is 5.92 Å². The van der Waals surface area contributed by atoms with E-state index in [9.17, 15) is 13.2 Å². The largest absolute Gasteiger partial charge is 0.378 e. The fourth-order valence-corrected chi connectivity index (χ4v) is 5.94. The Balaban J connectivity index is 1.42. The van der Waals surface area contributed by atoms with Crippen molar-refractivity contribution in [1.29, 1.82) is 0 Å². The van der Waals surface area contributed by atoms with Gasteiger partial charge in [0, 0.05) is 63.1 Å². The van der Waals surface area contributed by atoms with Crippen LogP contribution in [-0.2, 0) is 27.9 Å². The first-order valence-electron chi connectivity index (χ1n) is 11.4. The van der Waals surface area contributed by atoms with Crippen molar-refractivity contribution in [3.05, 3.63) is 60.3 Å². The summed E-state index contributed by atoms with van der Waals surface area (Å²) in [5.41, 5.74) is 3.13. The lowest BCUT2D eigenvalue weighted by Crippen LogP contribution is -2.45. The number of nitrogens with one attached hydrogen (secondary N) is 1. The highest BCUT2D eigenvalue weighted by Gasteiger charge is 2.33. The molecule has 4 rings (SSSR count). The molecule has 2 aromatic carbocycles. The van der Waals surface area contributed by atoms with Gasteiger partial charge < -0.3 is 14.8 Å². The molecule has 176 valence electrons. The Morgan fingerprint density at radius 3 is 2.58 bits per heavy atom. The summed E-state index contributed by atoms with van der Waals surface area (Å²) in [5, 5.41) is 3.89. The molecule has 1 fully saturated rings. The van der Waals surface area contributed by atoms with Crippen LogP contribution < -0.4 is 10.2 Å². The molecule has 1 amide bonds. The highest BCUT2D eigenvalue weighted by molar-refractivity contribution is 7.89. The minimum atomic E-state index is -3.66. The second kappa shape index (κ2) is 9.57. The van der Waals surface area contributed by atoms with Crippen LogP contribution in [0.25, 0.3) is 10.9 Å². The quantitative estimate of drug-likeness (QED) is 0.576. The van der Waals surface area contributed by atoms with Crippen LogP contribution in [-0.4, -0.2) is 50.4 Å². The number of benzene rings is 2. The molecule has 1 aliphatic rings. The van der Waals surface area contributed by atoms with Gasteiger partial charge in [-0.3, -0.25) is 4.79 Å². The van der Waals surface area contributed by atoms with Crippen LogP contribution >= 0.6 is 0 Å². The van der Waals surface area contributed by atoms with Crippen LogP contribution in [0.2, 0.25) is 0 Å². The molecule has 0 bridgehead atoms. The van der Waals surface area contributed by atoms with Gasteiger partial charge in [-0.05, 0) is 61.7 Å². The van der Waals surface area contributed by atoms with Crippen molar-refractivity contribution in [2.45, 2.75) is 37.8 Å². The van der Waals surface area contributed by atoms with Crippen LogP contribution in [0.1, 0.15) is 25.3 Å². The number of aryl methyl sites for hydroxylation is 1. The first-order valence-corrected chi connectivity index (χ1v) is 12.9. The minimum Gasteiger partial charge on any atom is -0.378 e. The summed E-state index contributed by atoms with van der Waals surface area (Å²) in [7, 11) is 0.312. The molecule has 1 unspecified atom stereocenters. The lowest BCUT2D eigenvalue weighted by Gasteiger charge is -2.31. The molecule has 1 saturated heterocycles. The minimum absolute atomic E-state index is 0.0953. The number of hydrogen-bond acceptors (Lipinski definition) is 4. The Bertz CT molecular complexity index is 1230. The van der Waals surface area contributed by atoms with Crippen LogP contribution in [0.3, 0.4) is 0 Å². The standard InChI is InChI=1S/C25H32N4O3S/c1-4-28-15-13-20-16-23(11-12-24(20)28)33(31,32)29-14-5-6-21(18-29)25(30)26-17-19-7-9-22(10-8-19)27(2)3/h7-13,15-16,21H,4-6,14,17-18H2,1-3H3,(H,26,30). The maximum absolute atomic E-state index is 13.3. The van der Waals surface area contributed by atoms with E-state index in [1.807, 2.05) is 61.6 Å². The summed E-state index contributed by atoms with van der Waals surface area (Å²) in [6.07, 6.45) is 3.33. The highest BCUT2D eigenvalue weighted by Crippen LogP contribution is 2.27. The van der Waals surface area contributed by atoms with Gasteiger partial charge in [-0.25, -0.2) is 8.42 Å². The van der Waals surface area contributed by atoms with Crippen molar-refractivity contribution < 1.29 is 13.2 Å². The van der Waals surface area contributed by atoms with Gasteiger partial charge in [0.05, 0.1) is 10.8 Å². The van der Waals surface area contributed by atoms with E-state index in [1.54, 1.807) is 12.1 Å². The molecule has 7 nitrogen and oxygen atoms in total. The topological polar surface area (TPSA) is 74.6 Å². The lowest BCUT2D eigenvalue weighted by molar-refractivity contribution is -0.126. The summed E-state index contributed by atoms with van der Waals surface area (Å²) >= 11 is 0. The SMILES string of the molecule is CCn1ccc2cc(S(=O)(=O)N3CCCC(C(=O)NCc4ccc(N(C)C)cc4)C3)ccc21. The highest BCUT2D eigenvalue weighted by atomic mass is 32.2. The Morgan fingerprint density at radius 1 is 1.12 bits per heavy atom. The number of aromatic nitrogens is 1. The summed E-state index contributed by atoms with van der Waals surface area (Å²) in [6.45, 7) is 3.97. The first-order chi connectivity index (χ1) is 15.8. The summed E-state index contributed by atoms with van der Waals surface area (Å²) in [6, 6.07) is 15.2.